The largest absolute Gasteiger partial charge is 0.346 e. The van der Waals surface area contributed by atoms with Crippen LogP contribution in [0, 0.1) is 6.92 Å². The average molecular weight is 270 g/mol. The Bertz CT molecular complexity index is 514. The molecule has 1 aromatic carbocycles. The van der Waals surface area contributed by atoms with Crippen LogP contribution in [0.4, 0.5) is 0 Å². The molecule has 0 bridgehead atoms. The Kier molecular flexibility index (Phi) is 5.87. The molecule has 0 radical (unpaired) electrons. The minimum Gasteiger partial charge on any atom is -0.346 e. The van der Waals surface area contributed by atoms with Crippen LogP contribution in [0.2, 0.25) is 0 Å². The van der Waals surface area contributed by atoms with E-state index < -0.39 is 0 Å². The molecule has 1 aromatic heterocycles. The quantitative estimate of drug-likeness (QED) is 0.714. The van der Waals surface area contributed by atoms with E-state index in [0.29, 0.717) is 0 Å². The third kappa shape index (κ3) is 4.53. The molecule has 0 aliphatic carbocycles. The van der Waals surface area contributed by atoms with Gasteiger partial charge in [-0.05, 0) is 37.6 Å². The number of rotatable bonds is 8. The van der Waals surface area contributed by atoms with Gasteiger partial charge in [-0.25, -0.2) is 0 Å². The van der Waals surface area contributed by atoms with E-state index in [2.05, 4.69) is 66.3 Å². The molecule has 1 heterocycles. The van der Waals surface area contributed by atoms with Gasteiger partial charge in [0.25, 0.3) is 0 Å². The topological polar surface area (TPSA) is 17.0 Å². The summed E-state index contributed by atoms with van der Waals surface area (Å²) < 4.78 is 2.33. The number of hydrogen-bond acceptors (Lipinski definition) is 1. The zero-order valence-electron chi connectivity index (χ0n) is 12.7. The van der Waals surface area contributed by atoms with Gasteiger partial charge in [0.15, 0.2) is 0 Å². The third-order valence-corrected chi connectivity index (χ3v) is 3.62. The molecule has 108 valence electrons. The molecular formula is C18H26N2. The molecule has 2 rings (SSSR count). The molecule has 0 amide bonds. The fourth-order valence-corrected chi connectivity index (χ4v) is 2.49. The smallest absolute Gasteiger partial charge is 0.0473 e. The van der Waals surface area contributed by atoms with Gasteiger partial charge >= 0.3 is 0 Å². The highest BCUT2D eigenvalue weighted by molar-refractivity contribution is 5.23. The summed E-state index contributed by atoms with van der Waals surface area (Å²) in [6, 6.07) is 13.1. The van der Waals surface area contributed by atoms with Crippen LogP contribution in [0.5, 0.6) is 0 Å². The molecule has 0 saturated carbocycles. The van der Waals surface area contributed by atoms with Crippen molar-refractivity contribution in [2.45, 2.75) is 46.2 Å². The SMILES string of the molecule is CCCCCNCc1cccn1Cc1cccc(C)c1. The molecule has 0 atom stereocenters. The second kappa shape index (κ2) is 7.91. The van der Waals surface area contributed by atoms with Gasteiger partial charge < -0.3 is 9.88 Å². The van der Waals surface area contributed by atoms with E-state index in [-0.39, 0.29) is 0 Å². The van der Waals surface area contributed by atoms with Crippen molar-refractivity contribution in [3.63, 3.8) is 0 Å². The van der Waals surface area contributed by atoms with Gasteiger partial charge in [-0.2, -0.15) is 0 Å². The molecule has 0 spiro atoms. The van der Waals surface area contributed by atoms with Gasteiger partial charge in [-0.15, -0.1) is 0 Å². The van der Waals surface area contributed by atoms with Crippen molar-refractivity contribution in [1.29, 1.82) is 0 Å². The average Bonchev–Trinajstić information content (AvgIpc) is 2.86. The number of nitrogens with zero attached hydrogens (tertiary/aromatic N) is 1. The summed E-state index contributed by atoms with van der Waals surface area (Å²) in [4.78, 5) is 0. The predicted octanol–water partition coefficient (Wildman–Crippen LogP) is 4.12. The molecule has 0 aliphatic rings. The number of aromatic nitrogens is 1. The predicted molar refractivity (Wildman–Crippen MR) is 85.9 cm³/mol. The highest BCUT2D eigenvalue weighted by atomic mass is 15.0. The maximum Gasteiger partial charge on any atom is 0.0473 e. The molecule has 0 saturated heterocycles. The standard InChI is InChI=1S/C18H26N2/c1-3-4-5-11-19-14-18-10-7-12-20(18)15-17-9-6-8-16(2)13-17/h6-10,12-13,19H,3-5,11,14-15H2,1-2H3. The molecule has 0 aliphatic heterocycles. The fourth-order valence-electron chi connectivity index (χ4n) is 2.49. The lowest BCUT2D eigenvalue weighted by Gasteiger charge is -2.11. The summed E-state index contributed by atoms with van der Waals surface area (Å²) in [7, 11) is 0. The van der Waals surface area contributed by atoms with Gasteiger partial charge in [0.2, 0.25) is 0 Å². The molecule has 0 unspecified atom stereocenters. The zero-order valence-corrected chi connectivity index (χ0v) is 12.7. The Morgan fingerprint density at radius 1 is 1.10 bits per heavy atom. The lowest BCUT2D eigenvalue weighted by Crippen LogP contribution is -2.17. The first kappa shape index (κ1) is 14.9. The van der Waals surface area contributed by atoms with E-state index in [0.717, 1.165) is 19.6 Å². The monoisotopic (exact) mass is 270 g/mol. The highest BCUT2D eigenvalue weighted by Gasteiger charge is 2.02. The molecule has 0 fully saturated rings. The van der Waals surface area contributed by atoms with Crippen LogP contribution in [-0.2, 0) is 13.1 Å². The first-order valence-corrected chi connectivity index (χ1v) is 7.70. The number of hydrogen-bond donors (Lipinski definition) is 1. The van der Waals surface area contributed by atoms with Crippen molar-refractivity contribution in [2.24, 2.45) is 0 Å². The Balaban J connectivity index is 1.88. The Labute approximate surface area is 122 Å². The number of benzene rings is 1. The summed E-state index contributed by atoms with van der Waals surface area (Å²) >= 11 is 0. The Morgan fingerprint density at radius 3 is 2.80 bits per heavy atom. The van der Waals surface area contributed by atoms with Crippen molar-refractivity contribution in [2.75, 3.05) is 6.54 Å². The minimum atomic E-state index is 0.959. The molecular weight excluding hydrogens is 244 g/mol. The second-order valence-electron chi connectivity index (χ2n) is 5.50. The molecule has 20 heavy (non-hydrogen) atoms. The number of nitrogens with one attached hydrogen (secondary N) is 1. The van der Waals surface area contributed by atoms with Crippen molar-refractivity contribution in [3.05, 3.63) is 59.4 Å². The van der Waals surface area contributed by atoms with Crippen LogP contribution in [0.15, 0.2) is 42.6 Å². The van der Waals surface area contributed by atoms with Crippen LogP contribution in [-0.4, -0.2) is 11.1 Å². The maximum absolute atomic E-state index is 3.54. The van der Waals surface area contributed by atoms with Crippen LogP contribution in [0.25, 0.3) is 0 Å². The molecule has 2 nitrogen and oxygen atoms in total. The lowest BCUT2D eigenvalue weighted by atomic mass is 10.1. The minimum absolute atomic E-state index is 0.959. The van der Waals surface area contributed by atoms with Crippen LogP contribution in [0.3, 0.4) is 0 Å². The Morgan fingerprint density at radius 2 is 2.00 bits per heavy atom. The summed E-state index contributed by atoms with van der Waals surface area (Å²) in [5.41, 5.74) is 4.06. The first-order valence-electron chi connectivity index (χ1n) is 7.70. The Hall–Kier alpha value is -1.54. The van der Waals surface area contributed by atoms with Crippen LogP contribution >= 0.6 is 0 Å². The van der Waals surface area contributed by atoms with E-state index >= 15 is 0 Å². The van der Waals surface area contributed by atoms with Gasteiger partial charge in [0, 0.05) is 25.0 Å². The van der Waals surface area contributed by atoms with Gasteiger partial charge in [0.05, 0.1) is 0 Å². The van der Waals surface area contributed by atoms with Crippen LogP contribution in [0.1, 0.15) is 43.0 Å². The number of aryl methyl sites for hydroxylation is 1. The first-order chi connectivity index (χ1) is 9.79. The van der Waals surface area contributed by atoms with Crippen molar-refractivity contribution < 1.29 is 0 Å². The van der Waals surface area contributed by atoms with E-state index in [4.69, 9.17) is 0 Å². The molecule has 2 aromatic rings. The highest BCUT2D eigenvalue weighted by Crippen LogP contribution is 2.10. The zero-order chi connectivity index (χ0) is 14.2. The summed E-state index contributed by atoms with van der Waals surface area (Å²) in [5, 5.41) is 3.54. The van der Waals surface area contributed by atoms with E-state index in [1.54, 1.807) is 0 Å². The van der Waals surface area contributed by atoms with E-state index in [9.17, 15) is 0 Å². The van der Waals surface area contributed by atoms with Gasteiger partial charge in [-0.1, -0.05) is 49.6 Å². The molecule has 1 N–H and O–H groups in total. The fraction of sp³-hybridized carbons (Fsp3) is 0.444. The number of unbranched alkanes of at least 4 members (excludes halogenated alkanes) is 2. The van der Waals surface area contributed by atoms with Crippen LogP contribution < -0.4 is 5.32 Å². The summed E-state index contributed by atoms with van der Waals surface area (Å²) in [6.45, 7) is 7.43. The van der Waals surface area contributed by atoms with Gasteiger partial charge in [-0.3, -0.25) is 0 Å². The van der Waals surface area contributed by atoms with E-state index in [1.165, 1.54) is 36.1 Å². The van der Waals surface area contributed by atoms with Crippen molar-refractivity contribution in [3.8, 4) is 0 Å². The molecule has 2 heteroatoms. The van der Waals surface area contributed by atoms with Crippen molar-refractivity contribution in [1.82, 2.24) is 9.88 Å². The normalized spacial score (nSPS) is 10.9. The van der Waals surface area contributed by atoms with Crippen molar-refractivity contribution >= 4 is 0 Å². The summed E-state index contributed by atoms with van der Waals surface area (Å²) in [6.07, 6.45) is 6.04. The summed E-state index contributed by atoms with van der Waals surface area (Å²) in [5.74, 6) is 0. The van der Waals surface area contributed by atoms with Gasteiger partial charge in [0.1, 0.15) is 0 Å². The van der Waals surface area contributed by atoms with E-state index in [1.807, 2.05) is 0 Å². The second-order valence-corrected chi connectivity index (χ2v) is 5.50. The third-order valence-electron chi connectivity index (χ3n) is 3.62. The lowest BCUT2D eigenvalue weighted by molar-refractivity contribution is 0.594. The maximum atomic E-state index is 3.54.